The Balaban J connectivity index is 0.00000225. The van der Waals surface area contributed by atoms with Crippen LogP contribution in [0.25, 0.3) is 0 Å². The average Bonchev–Trinajstić information content (AvgIpc) is 3.08. The van der Waals surface area contributed by atoms with Gasteiger partial charge in [-0.05, 0) is 43.1 Å². The quantitative estimate of drug-likeness (QED) is 0.876. The number of amides is 1. The Labute approximate surface area is 157 Å². The largest absolute Gasteiger partial charge is 0.336 e. The van der Waals surface area contributed by atoms with Gasteiger partial charge in [0.25, 0.3) is 5.91 Å². The number of carbonyl (C=O) groups excluding carboxylic acids is 1. The topological polar surface area (TPSA) is 50.2 Å². The number of benzene rings is 1. The van der Waals surface area contributed by atoms with Gasteiger partial charge >= 0.3 is 0 Å². The molecule has 1 atom stereocenters. The predicted octanol–water partition coefficient (Wildman–Crippen LogP) is 3.29. The molecule has 0 aliphatic carbocycles. The number of rotatable bonds is 4. The number of nitrogens with one attached hydrogen (secondary N) is 1. The summed E-state index contributed by atoms with van der Waals surface area (Å²) >= 11 is 5.68. The minimum Gasteiger partial charge on any atom is -0.336 e. The smallest absolute Gasteiger partial charge is 0.274 e. The molecule has 1 aliphatic rings. The molecule has 1 fully saturated rings. The third kappa shape index (κ3) is 4.71. The van der Waals surface area contributed by atoms with E-state index in [4.69, 9.17) is 11.6 Å². The summed E-state index contributed by atoms with van der Waals surface area (Å²) in [5, 5.41) is 7.83. The highest BCUT2D eigenvalue weighted by atomic mass is 35.5. The van der Waals surface area contributed by atoms with E-state index < -0.39 is 5.82 Å². The van der Waals surface area contributed by atoms with E-state index in [0.717, 1.165) is 25.9 Å². The monoisotopic (exact) mass is 386 g/mol. The lowest BCUT2D eigenvalue weighted by atomic mass is 10.1. The molecule has 2 aromatic rings. The van der Waals surface area contributed by atoms with Crippen molar-refractivity contribution in [3.63, 3.8) is 0 Å². The highest BCUT2D eigenvalue weighted by Crippen LogP contribution is 2.18. The Kier molecular flexibility index (Phi) is 6.81. The van der Waals surface area contributed by atoms with Gasteiger partial charge in [0.1, 0.15) is 11.5 Å². The summed E-state index contributed by atoms with van der Waals surface area (Å²) in [5.74, 6) is -0.669. The standard InChI is InChI=1S/C17H20ClFN4O.ClH/c1-22(11-12-4-5-14(18)15(19)9-12)17(24)16-6-8-23(21-16)13-3-2-7-20-10-13;/h4-6,8-9,13,20H,2-3,7,10-11H2,1H3;1H. The zero-order valence-electron chi connectivity index (χ0n) is 13.9. The van der Waals surface area contributed by atoms with E-state index in [0.29, 0.717) is 17.8 Å². The minimum absolute atomic E-state index is 0. The van der Waals surface area contributed by atoms with E-state index in [1.165, 1.54) is 17.0 Å². The zero-order chi connectivity index (χ0) is 17.1. The highest BCUT2D eigenvalue weighted by molar-refractivity contribution is 6.30. The Morgan fingerprint density at radius 1 is 1.48 bits per heavy atom. The van der Waals surface area contributed by atoms with Gasteiger partial charge in [0.05, 0.1) is 11.1 Å². The SMILES string of the molecule is CN(Cc1ccc(Cl)c(F)c1)C(=O)c1ccn(C2CCCNC2)n1.Cl. The molecule has 1 aromatic heterocycles. The second-order valence-corrected chi connectivity index (χ2v) is 6.50. The number of piperidine rings is 1. The van der Waals surface area contributed by atoms with Gasteiger partial charge in [-0.2, -0.15) is 5.10 Å². The summed E-state index contributed by atoms with van der Waals surface area (Å²) in [6.07, 6.45) is 4.01. The number of halogens is 3. The Morgan fingerprint density at radius 3 is 2.96 bits per heavy atom. The molecule has 2 heterocycles. The molecule has 5 nitrogen and oxygen atoms in total. The summed E-state index contributed by atoms with van der Waals surface area (Å²) < 4.78 is 15.4. The number of carbonyl (C=O) groups is 1. The molecule has 1 aliphatic heterocycles. The lowest BCUT2D eigenvalue weighted by Gasteiger charge is -2.23. The maximum atomic E-state index is 13.5. The summed E-state index contributed by atoms with van der Waals surface area (Å²) in [7, 11) is 1.68. The van der Waals surface area contributed by atoms with E-state index in [-0.39, 0.29) is 29.4 Å². The van der Waals surface area contributed by atoms with Crippen molar-refractivity contribution in [2.45, 2.75) is 25.4 Å². The van der Waals surface area contributed by atoms with Gasteiger partial charge in [0, 0.05) is 26.3 Å². The molecule has 0 saturated carbocycles. The predicted molar refractivity (Wildman–Crippen MR) is 97.8 cm³/mol. The van der Waals surface area contributed by atoms with Crippen molar-refractivity contribution in [2.24, 2.45) is 0 Å². The fraction of sp³-hybridized carbons (Fsp3) is 0.412. The first-order chi connectivity index (χ1) is 11.5. The second-order valence-electron chi connectivity index (χ2n) is 6.09. The first-order valence-corrected chi connectivity index (χ1v) is 8.37. The van der Waals surface area contributed by atoms with Crippen LogP contribution in [0.4, 0.5) is 4.39 Å². The van der Waals surface area contributed by atoms with Crippen molar-refractivity contribution < 1.29 is 9.18 Å². The molecule has 1 amide bonds. The molecule has 25 heavy (non-hydrogen) atoms. The van der Waals surface area contributed by atoms with E-state index >= 15 is 0 Å². The van der Waals surface area contributed by atoms with Crippen LogP contribution in [0.3, 0.4) is 0 Å². The Morgan fingerprint density at radius 2 is 2.28 bits per heavy atom. The maximum Gasteiger partial charge on any atom is 0.274 e. The van der Waals surface area contributed by atoms with Gasteiger partial charge in [-0.15, -0.1) is 12.4 Å². The molecule has 0 bridgehead atoms. The second kappa shape index (κ2) is 8.65. The van der Waals surface area contributed by atoms with Crippen LogP contribution in [0.1, 0.15) is 34.9 Å². The van der Waals surface area contributed by atoms with Crippen LogP contribution >= 0.6 is 24.0 Å². The van der Waals surface area contributed by atoms with E-state index in [2.05, 4.69) is 10.4 Å². The highest BCUT2D eigenvalue weighted by Gasteiger charge is 2.19. The van der Waals surface area contributed by atoms with E-state index in [9.17, 15) is 9.18 Å². The summed E-state index contributed by atoms with van der Waals surface area (Å²) in [4.78, 5) is 14.0. The van der Waals surface area contributed by atoms with Crippen LogP contribution in [-0.4, -0.2) is 40.7 Å². The third-order valence-electron chi connectivity index (χ3n) is 4.22. The summed E-state index contributed by atoms with van der Waals surface area (Å²) in [5.41, 5.74) is 1.08. The normalized spacial score (nSPS) is 17.0. The van der Waals surface area contributed by atoms with Crippen molar-refractivity contribution in [1.29, 1.82) is 0 Å². The van der Waals surface area contributed by atoms with Crippen LogP contribution < -0.4 is 5.32 Å². The molecular weight excluding hydrogens is 366 g/mol. The van der Waals surface area contributed by atoms with E-state index in [1.807, 2.05) is 10.9 Å². The van der Waals surface area contributed by atoms with Gasteiger partial charge in [0.15, 0.2) is 0 Å². The van der Waals surface area contributed by atoms with Gasteiger partial charge < -0.3 is 10.2 Å². The maximum absolute atomic E-state index is 13.5. The molecule has 0 radical (unpaired) electrons. The van der Waals surface area contributed by atoms with E-state index in [1.54, 1.807) is 19.2 Å². The van der Waals surface area contributed by atoms with Crippen LogP contribution in [0.15, 0.2) is 30.5 Å². The fourth-order valence-electron chi connectivity index (χ4n) is 2.89. The minimum atomic E-state index is -0.482. The lowest BCUT2D eigenvalue weighted by Crippen LogP contribution is -2.32. The third-order valence-corrected chi connectivity index (χ3v) is 4.53. The number of hydrogen-bond donors (Lipinski definition) is 1. The first-order valence-electron chi connectivity index (χ1n) is 8.00. The Hall–Kier alpha value is -1.63. The van der Waals surface area contributed by atoms with Gasteiger partial charge in [-0.3, -0.25) is 9.48 Å². The van der Waals surface area contributed by atoms with Crippen molar-refractivity contribution >= 4 is 29.9 Å². The molecule has 3 rings (SSSR count). The molecule has 8 heteroatoms. The Bertz CT molecular complexity index is 731. The average molecular weight is 387 g/mol. The molecule has 1 saturated heterocycles. The van der Waals surface area contributed by atoms with Crippen LogP contribution in [0, 0.1) is 5.82 Å². The van der Waals surface area contributed by atoms with Crippen LogP contribution in [-0.2, 0) is 6.54 Å². The number of nitrogens with zero attached hydrogens (tertiary/aromatic N) is 3. The van der Waals surface area contributed by atoms with Crippen molar-refractivity contribution in [3.8, 4) is 0 Å². The zero-order valence-corrected chi connectivity index (χ0v) is 15.5. The van der Waals surface area contributed by atoms with Crippen molar-refractivity contribution in [3.05, 3.63) is 52.6 Å². The fourth-order valence-corrected chi connectivity index (χ4v) is 3.01. The molecular formula is C17H21Cl2FN4O. The van der Waals surface area contributed by atoms with Crippen LogP contribution in [0.2, 0.25) is 5.02 Å². The molecule has 1 aromatic carbocycles. The van der Waals surface area contributed by atoms with Gasteiger partial charge in [0.2, 0.25) is 0 Å². The first kappa shape index (κ1) is 19.7. The number of hydrogen-bond acceptors (Lipinski definition) is 3. The van der Waals surface area contributed by atoms with Gasteiger partial charge in [-0.1, -0.05) is 17.7 Å². The summed E-state index contributed by atoms with van der Waals surface area (Å²) in [6.45, 7) is 2.20. The summed E-state index contributed by atoms with van der Waals surface area (Å²) in [6, 6.07) is 6.57. The number of aromatic nitrogens is 2. The van der Waals surface area contributed by atoms with Crippen LogP contribution in [0.5, 0.6) is 0 Å². The van der Waals surface area contributed by atoms with Crippen molar-refractivity contribution in [2.75, 3.05) is 20.1 Å². The molecule has 136 valence electrons. The molecule has 1 unspecified atom stereocenters. The van der Waals surface area contributed by atoms with Gasteiger partial charge in [-0.25, -0.2) is 4.39 Å². The molecule has 0 spiro atoms. The molecule has 1 N–H and O–H groups in total. The van der Waals surface area contributed by atoms with Crippen molar-refractivity contribution in [1.82, 2.24) is 20.0 Å². The lowest BCUT2D eigenvalue weighted by molar-refractivity contribution is 0.0777.